The summed E-state index contributed by atoms with van der Waals surface area (Å²) in [6.45, 7) is 3.81. The molecular formula is C9H19BrN2O2S. The van der Waals surface area contributed by atoms with E-state index in [1.807, 2.05) is 6.92 Å². The van der Waals surface area contributed by atoms with Gasteiger partial charge in [-0.25, -0.2) is 4.72 Å². The van der Waals surface area contributed by atoms with Gasteiger partial charge in [0.2, 0.25) is 0 Å². The summed E-state index contributed by atoms with van der Waals surface area (Å²) in [5.74, 6) is 0. The van der Waals surface area contributed by atoms with Crippen LogP contribution in [0.2, 0.25) is 0 Å². The van der Waals surface area contributed by atoms with Crippen molar-refractivity contribution in [3.05, 3.63) is 0 Å². The molecule has 0 aromatic carbocycles. The van der Waals surface area contributed by atoms with Crippen LogP contribution in [-0.4, -0.2) is 37.2 Å². The molecule has 6 heteroatoms. The first-order valence-electron chi connectivity index (χ1n) is 5.45. The maximum absolute atomic E-state index is 11.8. The van der Waals surface area contributed by atoms with Crippen LogP contribution in [-0.2, 0) is 10.2 Å². The highest BCUT2D eigenvalue weighted by atomic mass is 79.9. The molecule has 4 nitrogen and oxygen atoms in total. The Morgan fingerprint density at radius 3 is 2.47 bits per heavy atom. The van der Waals surface area contributed by atoms with Crippen molar-refractivity contribution in [2.24, 2.45) is 0 Å². The largest absolute Gasteiger partial charge is 0.279 e. The van der Waals surface area contributed by atoms with Gasteiger partial charge in [-0.05, 0) is 19.3 Å². The minimum absolute atomic E-state index is 0.220. The quantitative estimate of drug-likeness (QED) is 0.782. The van der Waals surface area contributed by atoms with E-state index >= 15 is 0 Å². The van der Waals surface area contributed by atoms with Gasteiger partial charge < -0.3 is 0 Å². The monoisotopic (exact) mass is 298 g/mol. The normalized spacial score (nSPS) is 21.5. The number of rotatable bonds is 5. The summed E-state index contributed by atoms with van der Waals surface area (Å²) in [6, 6.07) is 0. The molecule has 0 radical (unpaired) electrons. The fourth-order valence-electron chi connectivity index (χ4n) is 1.54. The average molecular weight is 299 g/mol. The van der Waals surface area contributed by atoms with Crippen LogP contribution in [0.25, 0.3) is 0 Å². The van der Waals surface area contributed by atoms with Crippen LogP contribution < -0.4 is 4.72 Å². The van der Waals surface area contributed by atoms with Crippen molar-refractivity contribution in [2.45, 2.75) is 37.4 Å². The molecule has 1 unspecified atom stereocenters. The van der Waals surface area contributed by atoms with E-state index < -0.39 is 10.2 Å². The molecule has 0 aromatic heterocycles. The highest BCUT2D eigenvalue weighted by Gasteiger charge is 2.23. The van der Waals surface area contributed by atoms with Gasteiger partial charge in [0.25, 0.3) is 10.2 Å². The molecule has 0 aliphatic carbocycles. The van der Waals surface area contributed by atoms with Gasteiger partial charge in [0.1, 0.15) is 0 Å². The smallest absolute Gasteiger partial charge is 0.201 e. The second-order valence-corrected chi connectivity index (χ2v) is 6.87. The average Bonchev–Trinajstić information content (AvgIpc) is 2.27. The third-order valence-corrected chi connectivity index (χ3v) is 5.13. The number of nitrogens with zero attached hydrogens (tertiary/aromatic N) is 1. The zero-order valence-electron chi connectivity index (χ0n) is 9.08. The minimum Gasteiger partial charge on any atom is -0.201 e. The van der Waals surface area contributed by atoms with E-state index in [2.05, 4.69) is 20.7 Å². The van der Waals surface area contributed by atoms with Gasteiger partial charge in [-0.1, -0.05) is 29.3 Å². The second kappa shape index (κ2) is 6.18. The lowest BCUT2D eigenvalue weighted by Gasteiger charge is -2.26. The maximum atomic E-state index is 11.8. The second-order valence-electron chi connectivity index (χ2n) is 3.82. The fraction of sp³-hybridized carbons (Fsp3) is 1.00. The van der Waals surface area contributed by atoms with Gasteiger partial charge in [-0.3, -0.25) is 0 Å². The van der Waals surface area contributed by atoms with Crippen LogP contribution in [0.3, 0.4) is 0 Å². The van der Waals surface area contributed by atoms with Crippen LogP contribution in [0.15, 0.2) is 0 Å². The Bertz CT molecular complexity index is 276. The van der Waals surface area contributed by atoms with Gasteiger partial charge in [0.05, 0.1) is 0 Å². The number of nitrogens with one attached hydrogen (secondary N) is 1. The first-order valence-corrected chi connectivity index (χ1v) is 7.80. The van der Waals surface area contributed by atoms with Crippen molar-refractivity contribution in [1.82, 2.24) is 9.03 Å². The zero-order valence-corrected chi connectivity index (χ0v) is 11.5. The summed E-state index contributed by atoms with van der Waals surface area (Å²) in [5, 5.41) is 0. The first kappa shape index (κ1) is 13.4. The van der Waals surface area contributed by atoms with E-state index in [0.29, 0.717) is 19.6 Å². The molecule has 1 atom stereocenters. The lowest BCUT2D eigenvalue weighted by atomic mass is 10.2. The lowest BCUT2D eigenvalue weighted by molar-refractivity contribution is 0.342. The number of hydrogen-bond acceptors (Lipinski definition) is 2. The molecule has 1 rings (SSSR count). The molecule has 0 bridgehead atoms. The molecule has 1 aliphatic heterocycles. The van der Waals surface area contributed by atoms with Gasteiger partial charge in [0, 0.05) is 24.5 Å². The highest BCUT2D eigenvalue weighted by Crippen LogP contribution is 2.12. The van der Waals surface area contributed by atoms with Crippen LogP contribution in [0.5, 0.6) is 0 Å². The van der Waals surface area contributed by atoms with E-state index in [4.69, 9.17) is 0 Å². The van der Waals surface area contributed by atoms with Gasteiger partial charge in [0.15, 0.2) is 0 Å². The predicted molar refractivity (Wildman–Crippen MR) is 65.4 cm³/mol. The Hall–Kier alpha value is 0.350. The standard InChI is InChI=1S/C9H19BrN2O2S/c1-2-9(10)8-11-15(13,14)12-6-4-3-5-7-12/h9,11H,2-8H2,1H3. The van der Waals surface area contributed by atoms with Crippen LogP contribution >= 0.6 is 15.9 Å². The van der Waals surface area contributed by atoms with E-state index in [9.17, 15) is 8.42 Å². The van der Waals surface area contributed by atoms with Crippen LogP contribution in [0.1, 0.15) is 32.6 Å². The van der Waals surface area contributed by atoms with Crippen LogP contribution in [0.4, 0.5) is 0 Å². The number of piperidine rings is 1. The van der Waals surface area contributed by atoms with E-state index in [0.717, 1.165) is 25.7 Å². The van der Waals surface area contributed by atoms with E-state index in [1.165, 1.54) is 0 Å². The van der Waals surface area contributed by atoms with E-state index in [-0.39, 0.29) is 4.83 Å². The molecule has 15 heavy (non-hydrogen) atoms. The maximum Gasteiger partial charge on any atom is 0.279 e. The summed E-state index contributed by atoms with van der Waals surface area (Å²) < 4.78 is 27.8. The Kier molecular flexibility index (Phi) is 5.52. The fourth-order valence-corrected chi connectivity index (χ4v) is 3.25. The van der Waals surface area contributed by atoms with Crippen molar-refractivity contribution in [3.63, 3.8) is 0 Å². The Labute approximate surface area is 101 Å². The van der Waals surface area contributed by atoms with Crippen molar-refractivity contribution in [2.75, 3.05) is 19.6 Å². The van der Waals surface area contributed by atoms with Crippen molar-refractivity contribution in [3.8, 4) is 0 Å². The molecule has 1 aliphatic rings. The van der Waals surface area contributed by atoms with Gasteiger partial charge >= 0.3 is 0 Å². The summed E-state index contributed by atoms with van der Waals surface area (Å²) >= 11 is 3.41. The highest BCUT2D eigenvalue weighted by molar-refractivity contribution is 9.09. The van der Waals surface area contributed by atoms with Gasteiger partial charge in [-0.2, -0.15) is 12.7 Å². The Morgan fingerprint density at radius 1 is 1.33 bits per heavy atom. The summed E-state index contributed by atoms with van der Waals surface area (Å²) in [7, 11) is -3.24. The van der Waals surface area contributed by atoms with Crippen molar-refractivity contribution < 1.29 is 8.42 Å². The summed E-state index contributed by atoms with van der Waals surface area (Å²) in [5.41, 5.74) is 0. The molecule has 0 spiro atoms. The van der Waals surface area contributed by atoms with E-state index in [1.54, 1.807) is 4.31 Å². The minimum atomic E-state index is -3.24. The number of alkyl halides is 1. The molecule has 0 saturated carbocycles. The molecule has 1 fully saturated rings. The lowest BCUT2D eigenvalue weighted by Crippen LogP contribution is -2.44. The van der Waals surface area contributed by atoms with Crippen molar-refractivity contribution in [1.29, 1.82) is 0 Å². The first-order chi connectivity index (χ1) is 7.06. The zero-order chi connectivity index (χ0) is 11.3. The topological polar surface area (TPSA) is 49.4 Å². The van der Waals surface area contributed by atoms with Gasteiger partial charge in [-0.15, -0.1) is 0 Å². The predicted octanol–water partition coefficient (Wildman–Crippen LogP) is 1.48. The Morgan fingerprint density at radius 2 is 1.93 bits per heavy atom. The molecule has 90 valence electrons. The summed E-state index contributed by atoms with van der Waals surface area (Å²) in [4.78, 5) is 0.220. The molecule has 1 heterocycles. The molecular weight excluding hydrogens is 280 g/mol. The third-order valence-electron chi connectivity index (χ3n) is 2.59. The van der Waals surface area contributed by atoms with Crippen LogP contribution in [0, 0.1) is 0 Å². The SMILES string of the molecule is CCC(Br)CNS(=O)(=O)N1CCCCC1. The van der Waals surface area contributed by atoms with Crippen molar-refractivity contribution >= 4 is 26.1 Å². The molecule has 0 aromatic rings. The third kappa shape index (κ3) is 4.38. The molecule has 1 N–H and O–H groups in total. The molecule has 0 amide bonds. The molecule has 1 saturated heterocycles. The summed E-state index contributed by atoms with van der Waals surface area (Å²) in [6.07, 6.45) is 4.02. The number of halogens is 1. The Balaban J connectivity index is 2.43. The number of hydrogen-bond donors (Lipinski definition) is 1.